The van der Waals surface area contributed by atoms with Crippen LogP contribution in [-0.4, -0.2) is 34.9 Å². The van der Waals surface area contributed by atoms with Crippen molar-refractivity contribution in [2.24, 2.45) is 0 Å². The highest BCUT2D eigenvalue weighted by molar-refractivity contribution is 5.76. The summed E-state index contributed by atoms with van der Waals surface area (Å²) in [6.45, 7) is 4.20. The Bertz CT molecular complexity index is 1350. The van der Waals surface area contributed by atoms with Crippen molar-refractivity contribution in [2.75, 3.05) is 6.61 Å². The highest BCUT2D eigenvalue weighted by Crippen LogP contribution is 2.17. The van der Waals surface area contributed by atoms with Crippen LogP contribution in [0.1, 0.15) is 322 Å². The summed E-state index contributed by atoms with van der Waals surface area (Å²) in [4.78, 5) is 12.5. The molecule has 0 saturated heterocycles. The number of carbonyl (C=O) groups excluding carboxylic acids is 1. The number of aliphatic hydroxyl groups excluding tert-OH is 2. The number of allylic oxidation sites excluding steroid dienone is 15. The molecular formula is C70H125NO3. The number of carbonyl (C=O) groups is 1. The van der Waals surface area contributed by atoms with Crippen molar-refractivity contribution in [3.05, 3.63) is 97.2 Å². The molecule has 0 aliphatic carbocycles. The van der Waals surface area contributed by atoms with Crippen molar-refractivity contribution in [1.82, 2.24) is 5.32 Å². The molecule has 0 aliphatic heterocycles. The van der Waals surface area contributed by atoms with E-state index in [4.69, 9.17) is 0 Å². The Labute approximate surface area is 462 Å². The Hall–Kier alpha value is -2.69. The van der Waals surface area contributed by atoms with Crippen LogP contribution in [-0.2, 0) is 4.79 Å². The van der Waals surface area contributed by atoms with Gasteiger partial charge in [-0.2, -0.15) is 0 Å². The Morgan fingerprint density at radius 3 is 0.946 bits per heavy atom. The standard InChI is InChI=1S/C70H125NO3/c1-3-5-7-9-11-13-15-17-19-21-23-25-27-29-30-31-32-33-34-35-36-37-38-39-40-42-44-46-48-50-52-54-56-58-60-62-64-66-70(74)71-68(67-72)69(73)65-63-61-59-57-55-53-51-49-47-45-43-41-28-26-24-22-20-18-16-14-12-10-8-6-4-2/h5,7,11,13,17,19,23,25,29-30,47,49,55,57,63,65,68-69,72-73H,3-4,6,8-10,12,14-16,18,20-22,24,26-28,31-46,48,50-54,56,58-62,64,66-67H2,1-2H3,(H,71,74)/b7-5-,13-11-,19-17-,25-23-,30-29-,49-47+,57-55+,65-63+. The number of aliphatic hydroxyl groups is 2. The molecule has 0 aromatic heterocycles. The van der Waals surface area contributed by atoms with Gasteiger partial charge in [0.25, 0.3) is 0 Å². The van der Waals surface area contributed by atoms with Gasteiger partial charge in [0, 0.05) is 6.42 Å². The minimum atomic E-state index is -0.874. The van der Waals surface area contributed by atoms with Crippen LogP contribution in [0, 0.1) is 0 Å². The van der Waals surface area contributed by atoms with Gasteiger partial charge in [-0.3, -0.25) is 4.79 Å². The SMILES string of the molecule is CC/C=C\C/C=C\C/C=C\C/C=C\C/C=C\CCCCCCCCCCCCCCCCCCCCCCCC(=O)NC(CO)C(O)/C=C/CC/C=C/CC/C=C/CCCCCCCCCCCCCCCCC. The quantitative estimate of drug-likeness (QED) is 0.0420. The van der Waals surface area contributed by atoms with Crippen molar-refractivity contribution in [1.29, 1.82) is 0 Å². The van der Waals surface area contributed by atoms with Gasteiger partial charge in [-0.1, -0.05) is 323 Å². The van der Waals surface area contributed by atoms with E-state index >= 15 is 0 Å². The van der Waals surface area contributed by atoms with Crippen molar-refractivity contribution in [3.8, 4) is 0 Å². The van der Waals surface area contributed by atoms with Gasteiger partial charge in [0.1, 0.15) is 0 Å². The smallest absolute Gasteiger partial charge is 0.220 e. The van der Waals surface area contributed by atoms with E-state index in [-0.39, 0.29) is 12.5 Å². The molecule has 0 heterocycles. The van der Waals surface area contributed by atoms with E-state index in [1.54, 1.807) is 6.08 Å². The van der Waals surface area contributed by atoms with E-state index in [1.807, 2.05) is 6.08 Å². The lowest BCUT2D eigenvalue weighted by Crippen LogP contribution is -2.45. The summed E-state index contributed by atoms with van der Waals surface area (Å²) < 4.78 is 0. The van der Waals surface area contributed by atoms with E-state index in [0.29, 0.717) is 6.42 Å². The minimum Gasteiger partial charge on any atom is -0.394 e. The Kier molecular flexibility index (Phi) is 62.2. The molecule has 2 unspecified atom stereocenters. The zero-order valence-corrected chi connectivity index (χ0v) is 49.3. The van der Waals surface area contributed by atoms with Crippen LogP contribution in [0.5, 0.6) is 0 Å². The fraction of sp³-hybridized carbons (Fsp3) is 0.757. The van der Waals surface area contributed by atoms with Crippen LogP contribution in [0.3, 0.4) is 0 Å². The van der Waals surface area contributed by atoms with E-state index in [0.717, 1.165) is 70.6 Å². The van der Waals surface area contributed by atoms with E-state index in [9.17, 15) is 15.0 Å². The summed E-state index contributed by atoms with van der Waals surface area (Å²) in [5.41, 5.74) is 0. The topological polar surface area (TPSA) is 69.6 Å². The number of rotatable bonds is 59. The third kappa shape index (κ3) is 60.2. The van der Waals surface area contributed by atoms with Gasteiger partial charge >= 0.3 is 0 Å². The number of amides is 1. The number of nitrogens with one attached hydrogen (secondary N) is 1. The number of unbranched alkanes of at least 4 members (excludes halogenated alkanes) is 38. The van der Waals surface area contributed by atoms with Gasteiger partial charge in [-0.05, 0) is 89.9 Å². The zero-order valence-electron chi connectivity index (χ0n) is 49.3. The molecular weight excluding hydrogens is 903 g/mol. The molecule has 1 amide bonds. The molecule has 0 bridgehead atoms. The van der Waals surface area contributed by atoms with Crippen LogP contribution >= 0.6 is 0 Å². The Balaban J connectivity index is 3.51. The van der Waals surface area contributed by atoms with Crippen molar-refractivity contribution < 1.29 is 15.0 Å². The first kappa shape index (κ1) is 71.3. The van der Waals surface area contributed by atoms with Gasteiger partial charge in [0.2, 0.25) is 5.91 Å². The van der Waals surface area contributed by atoms with Gasteiger partial charge < -0.3 is 15.5 Å². The molecule has 0 saturated carbocycles. The second-order valence-corrected chi connectivity index (χ2v) is 21.8. The summed E-state index contributed by atoms with van der Waals surface area (Å²) in [5, 5.41) is 23.2. The highest BCUT2D eigenvalue weighted by Gasteiger charge is 2.18. The molecule has 428 valence electrons. The van der Waals surface area contributed by atoms with Crippen LogP contribution in [0.25, 0.3) is 0 Å². The first-order valence-electron chi connectivity index (χ1n) is 32.5. The Morgan fingerprint density at radius 2 is 0.608 bits per heavy atom. The maximum Gasteiger partial charge on any atom is 0.220 e. The lowest BCUT2D eigenvalue weighted by Gasteiger charge is -2.19. The monoisotopic (exact) mass is 1030 g/mol. The van der Waals surface area contributed by atoms with Crippen LogP contribution in [0.15, 0.2) is 97.2 Å². The van der Waals surface area contributed by atoms with Gasteiger partial charge in [-0.25, -0.2) is 0 Å². The molecule has 74 heavy (non-hydrogen) atoms. The fourth-order valence-corrected chi connectivity index (χ4v) is 9.65. The Morgan fingerprint density at radius 1 is 0.338 bits per heavy atom. The molecule has 0 aliphatic rings. The average Bonchev–Trinajstić information content (AvgIpc) is 3.40. The molecule has 0 radical (unpaired) electrons. The second-order valence-electron chi connectivity index (χ2n) is 21.8. The van der Waals surface area contributed by atoms with Crippen LogP contribution in [0.2, 0.25) is 0 Å². The molecule has 0 aromatic rings. The van der Waals surface area contributed by atoms with Crippen molar-refractivity contribution in [3.63, 3.8) is 0 Å². The van der Waals surface area contributed by atoms with E-state index < -0.39 is 12.1 Å². The molecule has 0 rings (SSSR count). The third-order valence-corrected chi connectivity index (χ3v) is 14.5. The summed E-state index contributed by atoms with van der Waals surface area (Å²) in [6.07, 6.45) is 96.1. The summed E-state index contributed by atoms with van der Waals surface area (Å²) in [7, 11) is 0. The predicted octanol–water partition coefficient (Wildman–Crippen LogP) is 22.0. The van der Waals surface area contributed by atoms with Crippen LogP contribution in [0.4, 0.5) is 0 Å². The number of hydrogen-bond donors (Lipinski definition) is 3. The van der Waals surface area contributed by atoms with E-state index in [1.165, 1.54) is 231 Å². The van der Waals surface area contributed by atoms with Crippen molar-refractivity contribution >= 4 is 5.91 Å². The maximum absolute atomic E-state index is 12.5. The first-order chi connectivity index (χ1) is 36.7. The second kappa shape index (κ2) is 64.6. The molecule has 0 aromatic carbocycles. The van der Waals surface area contributed by atoms with Gasteiger partial charge in [0.05, 0.1) is 18.8 Å². The summed E-state index contributed by atoms with van der Waals surface area (Å²) >= 11 is 0. The van der Waals surface area contributed by atoms with Gasteiger partial charge in [-0.15, -0.1) is 0 Å². The van der Waals surface area contributed by atoms with E-state index in [2.05, 4.69) is 104 Å². The maximum atomic E-state index is 12.5. The molecule has 0 fully saturated rings. The predicted molar refractivity (Wildman–Crippen MR) is 331 cm³/mol. The number of hydrogen-bond acceptors (Lipinski definition) is 3. The lowest BCUT2D eigenvalue weighted by molar-refractivity contribution is -0.123. The normalized spacial score (nSPS) is 13.4. The largest absolute Gasteiger partial charge is 0.394 e. The molecule has 3 N–H and O–H groups in total. The lowest BCUT2D eigenvalue weighted by atomic mass is 10.0. The summed E-state index contributed by atoms with van der Waals surface area (Å²) in [5.74, 6) is -0.0751. The molecule has 4 heteroatoms. The van der Waals surface area contributed by atoms with Crippen LogP contribution < -0.4 is 5.32 Å². The third-order valence-electron chi connectivity index (χ3n) is 14.5. The minimum absolute atomic E-state index is 0.0751. The first-order valence-corrected chi connectivity index (χ1v) is 32.5. The summed E-state index contributed by atoms with van der Waals surface area (Å²) in [6, 6.07) is -0.650. The highest BCUT2D eigenvalue weighted by atomic mass is 16.3. The molecule has 4 nitrogen and oxygen atoms in total. The van der Waals surface area contributed by atoms with Gasteiger partial charge in [0.15, 0.2) is 0 Å². The van der Waals surface area contributed by atoms with Crippen molar-refractivity contribution in [2.45, 2.75) is 334 Å². The molecule has 2 atom stereocenters. The fourth-order valence-electron chi connectivity index (χ4n) is 9.65. The zero-order chi connectivity index (χ0) is 53.4. The average molecular weight is 1030 g/mol. The molecule has 0 spiro atoms.